The van der Waals surface area contributed by atoms with Crippen molar-refractivity contribution in [3.05, 3.63) is 69.1 Å². The SMILES string of the molecule is Cc1cc(C2CC2)nc(Nc2ccccc2)n1.O=[N+]([O-])/C=C1/NCCCS1. The number of hydrogen-bond donors (Lipinski definition) is 2. The third-order valence-corrected chi connectivity index (χ3v) is 5.05. The smallest absolute Gasteiger partial charge is 0.263 e. The Morgan fingerprint density at radius 1 is 1.30 bits per heavy atom. The minimum atomic E-state index is -0.430. The normalized spacial score (nSPS) is 17.4. The molecule has 142 valence electrons. The molecule has 0 spiro atoms. The lowest BCUT2D eigenvalue weighted by Crippen LogP contribution is -2.19. The second-order valence-corrected chi connectivity index (χ2v) is 7.57. The van der Waals surface area contributed by atoms with Crippen molar-refractivity contribution in [3.8, 4) is 0 Å². The highest BCUT2D eigenvalue weighted by Crippen LogP contribution is 2.39. The molecule has 1 aliphatic heterocycles. The zero-order chi connectivity index (χ0) is 19.1. The van der Waals surface area contributed by atoms with Crippen LogP contribution in [0.25, 0.3) is 0 Å². The molecule has 2 aromatic rings. The lowest BCUT2D eigenvalue weighted by atomic mass is 10.2. The van der Waals surface area contributed by atoms with Gasteiger partial charge in [-0.05, 0) is 44.4 Å². The molecule has 8 heteroatoms. The molecule has 1 aliphatic carbocycles. The zero-order valence-corrected chi connectivity index (χ0v) is 16.0. The number of thioether (sulfide) groups is 1. The molecule has 2 aliphatic rings. The van der Waals surface area contributed by atoms with Crippen LogP contribution in [-0.4, -0.2) is 27.2 Å². The van der Waals surface area contributed by atoms with Crippen molar-refractivity contribution >= 4 is 23.4 Å². The Labute approximate surface area is 162 Å². The molecule has 1 saturated heterocycles. The molecule has 4 rings (SSSR count). The van der Waals surface area contributed by atoms with Crippen LogP contribution in [0.1, 0.15) is 36.6 Å². The number of aromatic nitrogens is 2. The van der Waals surface area contributed by atoms with Crippen molar-refractivity contribution in [1.29, 1.82) is 0 Å². The van der Waals surface area contributed by atoms with Gasteiger partial charge in [-0.15, -0.1) is 11.8 Å². The molecule has 1 saturated carbocycles. The summed E-state index contributed by atoms with van der Waals surface area (Å²) in [7, 11) is 0. The van der Waals surface area contributed by atoms with E-state index in [1.165, 1.54) is 30.3 Å². The second-order valence-electron chi connectivity index (χ2n) is 6.43. The average molecular weight is 385 g/mol. The lowest BCUT2D eigenvalue weighted by molar-refractivity contribution is -0.403. The summed E-state index contributed by atoms with van der Waals surface area (Å²) in [5.74, 6) is 2.35. The van der Waals surface area contributed by atoms with E-state index >= 15 is 0 Å². The van der Waals surface area contributed by atoms with Gasteiger partial charge >= 0.3 is 0 Å². The minimum Gasteiger partial charge on any atom is -0.375 e. The Kier molecular flexibility index (Phi) is 6.64. The first-order valence-corrected chi connectivity index (χ1v) is 9.98. The fourth-order valence-electron chi connectivity index (χ4n) is 2.58. The molecule has 1 aromatic carbocycles. The van der Waals surface area contributed by atoms with Crippen molar-refractivity contribution in [3.63, 3.8) is 0 Å². The summed E-state index contributed by atoms with van der Waals surface area (Å²) < 4.78 is 0. The Bertz CT molecular complexity index is 801. The molecule has 2 N–H and O–H groups in total. The maximum atomic E-state index is 9.94. The van der Waals surface area contributed by atoms with Crippen LogP contribution in [0.2, 0.25) is 0 Å². The molecule has 0 atom stereocenters. The fourth-order valence-corrected chi connectivity index (χ4v) is 3.46. The molecule has 1 aromatic heterocycles. The van der Waals surface area contributed by atoms with E-state index in [4.69, 9.17) is 0 Å². The Hall–Kier alpha value is -2.61. The summed E-state index contributed by atoms with van der Waals surface area (Å²) >= 11 is 1.50. The van der Waals surface area contributed by atoms with Gasteiger partial charge in [-0.3, -0.25) is 10.1 Å². The first-order valence-electron chi connectivity index (χ1n) is 9.00. The highest BCUT2D eigenvalue weighted by molar-refractivity contribution is 8.03. The average Bonchev–Trinajstić information content (AvgIpc) is 3.48. The highest BCUT2D eigenvalue weighted by Gasteiger charge is 2.25. The lowest BCUT2D eigenvalue weighted by Gasteiger charge is -2.12. The Balaban J connectivity index is 0.000000180. The zero-order valence-electron chi connectivity index (χ0n) is 15.2. The monoisotopic (exact) mass is 385 g/mol. The van der Waals surface area contributed by atoms with Crippen LogP contribution in [0.3, 0.4) is 0 Å². The Morgan fingerprint density at radius 2 is 2.07 bits per heavy atom. The number of anilines is 2. The van der Waals surface area contributed by atoms with Crippen molar-refractivity contribution in [1.82, 2.24) is 15.3 Å². The van der Waals surface area contributed by atoms with E-state index in [1.807, 2.05) is 37.3 Å². The van der Waals surface area contributed by atoms with Crippen molar-refractivity contribution in [2.24, 2.45) is 0 Å². The summed E-state index contributed by atoms with van der Waals surface area (Å²) in [4.78, 5) is 18.5. The molecule has 2 heterocycles. The van der Waals surface area contributed by atoms with Gasteiger partial charge in [-0.25, -0.2) is 9.97 Å². The van der Waals surface area contributed by atoms with Gasteiger partial charge in [-0.1, -0.05) is 18.2 Å². The second kappa shape index (κ2) is 9.36. The fraction of sp³-hybridized carbons (Fsp3) is 0.368. The van der Waals surface area contributed by atoms with Crippen molar-refractivity contribution in [2.45, 2.75) is 32.1 Å². The molecule has 0 amide bonds. The van der Waals surface area contributed by atoms with E-state index in [0.29, 0.717) is 16.9 Å². The minimum absolute atomic E-state index is 0.430. The van der Waals surface area contributed by atoms with E-state index < -0.39 is 4.92 Å². The van der Waals surface area contributed by atoms with Crippen LogP contribution >= 0.6 is 11.8 Å². The van der Waals surface area contributed by atoms with Crippen LogP contribution in [0, 0.1) is 17.0 Å². The molecule has 7 nitrogen and oxygen atoms in total. The van der Waals surface area contributed by atoms with Crippen LogP contribution in [0.15, 0.2) is 47.6 Å². The maximum absolute atomic E-state index is 9.94. The molecule has 0 radical (unpaired) electrons. The van der Waals surface area contributed by atoms with E-state index in [2.05, 4.69) is 26.7 Å². The van der Waals surface area contributed by atoms with E-state index in [1.54, 1.807) is 0 Å². The summed E-state index contributed by atoms with van der Waals surface area (Å²) in [6, 6.07) is 12.1. The summed E-state index contributed by atoms with van der Waals surface area (Å²) in [6.45, 7) is 2.87. The first kappa shape index (κ1) is 19.2. The topological polar surface area (TPSA) is 93.0 Å². The van der Waals surface area contributed by atoms with Gasteiger partial charge in [0.05, 0.1) is 4.92 Å². The third-order valence-electron chi connectivity index (χ3n) is 4.00. The quantitative estimate of drug-likeness (QED) is 0.602. The van der Waals surface area contributed by atoms with Crippen molar-refractivity contribution < 1.29 is 4.92 Å². The molecular weight excluding hydrogens is 362 g/mol. The van der Waals surface area contributed by atoms with Gasteiger partial charge in [-0.2, -0.15) is 0 Å². The summed E-state index contributed by atoms with van der Waals surface area (Å²) in [5.41, 5.74) is 3.23. The van der Waals surface area contributed by atoms with Crippen LogP contribution in [0.5, 0.6) is 0 Å². The van der Waals surface area contributed by atoms with Gasteiger partial charge in [0.15, 0.2) is 0 Å². The number of rotatable bonds is 4. The molecule has 0 unspecified atom stereocenters. The van der Waals surface area contributed by atoms with Crippen LogP contribution < -0.4 is 10.6 Å². The molecule has 27 heavy (non-hydrogen) atoms. The summed E-state index contributed by atoms with van der Waals surface area (Å²) in [5, 5.41) is 16.8. The van der Waals surface area contributed by atoms with Crippen LogP contribution in [0.4, 0.5) is 11.6 Å². The molecule has 0 bridgehead atoms. The standard InChI is InChI=1S/C14H15N3.C5H8N2O2S/c1-10-9-13(11-7-8-11)17-14(15-10)16-12-5-3-2-4-6-12;8-7(9)4-5-6-2-1-3-10-5/h2-6,9,11H,7-8H2,1H3,(H,15,16,17);4,6H,1-3H2/b;5-4-. The van der Waals surface area contributed by atoms with Crippen LogP contribution in [-0.2, 0) is 0 Å². The van der Waals surface area contributed by atoms with E-state index in [-0.39, 0.29) is 0 Å². The van der Waals surface area contributed by atoms with Gasteiger partial charge in [0.25, 0.3) is 6.20 Å². The number of nitrogens with zero attached hydrogens (tertiary/aromatic N) is 3. The third kappa shape index (κ3) is 6.56. The predicted molar refractivity (Wildman–Crippen MR) is 109 cm³/mol. The maximum Gasteiger partial charge on any atom is 0.263 e. The van der Waals surface area contributed by atoms with Gasteiger partial charge < -0.3 is 10.6 Å². The first-order chi connectivity index (χ1) is 13.1. The predicted octanol–water partition coefficient (Wildman–Crippen LogP) is 4.19. The van der Waals surface area contributed by atoms with Crippen molar-refractivity contribution in [2.75, 3.05) is 17.6 Å². The number of hydrogen-bond acceptors (Lipinski definition) is 7. The summed E-state index contributed by atoms with van der Waals surface area (Å²) in [6.07, 6.45) is 4.63. The van der Waals surface area contributed by atoms with Gasteiger partial charge in [0, 0.05) is 35.3 Å². The molecule has 2 fully saturated rings. The van der Waals surface area contributed by atoms with Gasteiger partial charge in [0.1, 0.15) is 5.03 Å². The number of nitro groups is 1. The highest BCUT2D eigenvalue weighted by atomic mass is 32.2. The van der Waals surface area contributed by atoms with Gasteiger partial charge in [0.2, 0.25) is 5.95 Å². The van der Waals surface area contributed by atoms with E-state index in [0.717, 1.165) is 36.3 Å². The number of benzene rings is 1. The Morgan fingerprint density at radius 3 is 2.70 bits per heavy atom. The number of nitrogens with one attached hydrogen (secondary N) is 2. The largest absolute Gasteiger partial charge is 0.375 e. The number of aryl methyl sites for hydroxylation is 1. The number of para-hydroxylation sites is 1. The molecular formula is C19H23N5O2S. The van der Waals surface area contributed by atoms with E-state index in [9.17, 15) is 10.1 Å².